The molecule has 0 bridgehead atoms. The van der Waals surface area contributed by atoms with Crippen LogP contribution in [-0.2, 0) is 17.8 Å². The number of hydrogen-bond acceptors (Lipinski definition) is 2. The van der Waals surface area contributed by atoms with E-state index < -0.39 is 0 Å². The van der Waals surface area contributed by atoms with E-state index in [-0.39, 0.29) is 24.0 Å². The van der Waals surface area contributed by atoms with Crippen LogP contribution in [0.25, 0.3) is 21.0 Å². The van der Waals surface area contributed by atoms with Crippen LogP contribution in [0.3, 0.4) is 0 Å². The van der Waals surface area contributed by atoms with Crippen LogP contribution in [0, 0.1) is 11.6 Å². The molecule has 3 nitrogen and oxygen atoms in total. The van der Waals surface area contributed by atoms with E-state index in [9.17, 15) is 13.6 Å². The van der Waals surface area contributed by atoms with Gasteiger partial charge in [-0.15, -0.1) is 11.3 Å². The topological polar surface area (TPSA) is 25.2 Å². The quantitative estimate of drug-likeness (QED) is 0.496. The molecule has 0 radical (unpaired) electrons. The predicted molar refractivity (Wildman–Crippen MR) is 105 cm³/mol. The Hall–Kier alpha value is -2.73. The molecule has 138 valence electrons. The highest BCUT2D eigenvalue weighted by molar-refractivity contribution is 7.17. The summed E-state index contributed by atoms with van der Waals surface area (Å²) in [6, 6.07) is 9.40. The highest BCUT2D eigenvalue weighted by Crippen LogP contribution is 2.30. The van der Waals surface area contributed by atoms with Gasteiger partial charge < -0.3 is 9.47 Å². The lowest BCUT2D eigenvalue weighted by molar-refractivity contribution is -0.127. The molecule has 0 unspecified atom stereocenters. The largest absolute Gasteiger partial charge is 0.349 e. The first-order valence-corrected chi connectivity index (χ1v) is 9.43. The zero-order valence-corrected chi connectivity index (χ0v) is 15.8. The molecule has 0 aliphatic carbocycles. The Labute approximate surface area is 159 Å². The van der Waals surface area contributed by atoms with Crippen molar-refractivity contribution in [3.8, 4) is 0 Å². The minimum absolute atomic E-state index is 0.0404. The average Bonchev–Trinajstić information content (AvgIpc) is 3.17. The summed E-state index contributed by atoms with van der Waals surface area (Å²) in [4.78, 5) is 13.7. The summed E-state index contributed by atoms with van der Waals surface area (Å²) in [5, 5.41) is 3.63. The molecule has 4 aromatic rings. The minimum Gasteiger partial charge on any atom is -0.349 e. The fourth-order valence-electron chi connectivity index (χ4n) is 3.30. The fourth-order valence-corrected chi connectivity index (χ4v) is 4.23. The Balaban J connectivity index is 1.79. The second kappa shape index (κ2) is 6.78. The van der Waals surface area contributed by atoms with E-state index in [0.29, 0.717) is 6.54 Å². The van der Waals surface area contributed by atoms with Gasteiger partial charge in [0.15, 0.2) is 0 Å². The summed E-state index contributed by atoms with van der Waals surface area (Å²) in [7, 11) is 3.41. The number of hydrogen-bond donors (Lipinski definition) is 0. The molecule has 0 saturated carbocycles. The monoisotopic (exact) mass is 384 g/mol. The van der Waals surface area contributed by atoms with E-state index in [1.807, 2.05) is 16.1 Å². The zero-order chi connectivity index (χ0) is 19.1. The maximum Gasteiger partial charge on any atom is 0.226 e. The van der Waals surface area contributed by atoms with Gasteiger partial charge in [0.25, 0.3) is 0 Å². The molecule has 0 fully saturated rings. The number of carbonyl (C=O) groups is 1. The van der Waals surface area contributed by atoms with Crippen molar-refractivity contribution >= 4 is 38.2 Å². The standard InChI is InChI=1S/C21H18F2N2OS/c1-24(2)21(26)7-13-10-25(19-5-3-15(22)8-17(13)19)11-14-12-27-20-6-4-16(23)9-18(14)20/h3-6,8-10,12H,7,11H2,1-2H3. The van der Waals surface area contributed by atoms with E-state index in [2.05, 4.69) is 0 Å². The lowest BCUT2D eigenvalue weighted by Crippen LogP contribution is -2.23. The number of halogens is 2. The molecule has 27 heavy (non-hydrogen) atoms. The molecular formula is C21H18F2N2OS. The normalized spacial score (nSPS) is 11.4. The van der Waals surface area contributed by atoms with E-state index in [1.54, 1.807) is 43.6 Å². The third-order valence-electron chi connectivity index (χ3n) is 4.72. The first kappa shape index (κ1) is 17.7. The predicted octanol–water partition coefficient (Wildman–Crippen LogP) is 4.81. The second-order valence-corrected chi connectivity index (χ2v) is 7.72. The average molecular weight is 384 g/mol. The lowest BCUT2D eigenvalue weighted by atomic mass is 10.1. The highest BCUT2D eigenvalue weighted by Gasteiger charge is 2.15. The third kappa shape index (κ3) is 3.32. The van der Waals surface area contributed by atoms with Crippen molar-refractivity contribution in [2.45, 2.75) is 13.0 Å². The molecule has 2 aromatic carbocycles. The molecule has 0 atom stereocenters. The molecule has 2 aromatic heterocycles. The maximum absolute atomic E-state index is 13.8. The van der Waals surface area contributed by atoms with Crippen LogP contribution in [-0.4, -0.2) is 29.5 Å². The van der Waals surface area contributed by atoms with Gasteiger partial charge in [0.1, 0.15) is 11.6 Å². The number of benzene rings is 2. The van der Waals surface area contributed by atoms with Gasteiger partial charge in [-0.2, -0.15) is 0 Å². The molecule has 0 spiro atoms. The number of fused-ring (bicyclic) bond motifs is 2. The van der Waals surface area contributed by atoms with Crippen molar-refractivity contribution in [3.05, 3.63) is 70.7 Å². The van der Waals surface area contributed by atoms with Crippen LogP contribution in [0.5, 0.6) is 0 Å². The molecule has 0 aliphatic rings. The molecule has 2 heterocycles. The van der Waals surface area contributed by atoms with Crippen LogP contribution in [0.15, 0.2) is 48.0 Å². The van der Waals surface area contributed by atoms with Gasteiger partial charge in [-0.3, -0.25) is 4.79 Å². The van der Waals surface area contributed by atoms with E-state index in [1.165, 1.54) is 23.1 Å². The van der Waals surface area contributed by atoms with Gasteiger partial charge in [-0.05, 0) is 52.9 Å². The zero-order valence-electron chi connectivity index (χ0n) is 15.0. The summed E-state index contributed by atoms with van der Waals surface area (Å²) in [5.41, 5.74) is 2.64. The van der Waals surface area contributed by atoms with Crippen LogP contribution in [0.2, 0.25) is 0 Å². The van der Waals surface area contributed by atoms with Gasteiger partial charge in [0, 0.05) is 47.8 Å². The van der Waals surface area contributed by atoms with Crippen molar-refractivity contribution in [2.24, 2.45) is 0 Å². The number of likely N-dealkylation sites (N-methyl/N-ethyl adjacent to an activating group) is 1. The van der Waals surface area contributed by atoms with Crippen molar-refractivity contribution in [2.75, 3.05) is 14.1 Å². The third-order valence-corrected chi connectivity index (χ3v) is 5.73. The Morgan fingerprint density at radius 1 is 1.04 bits per heavy atom. The van der Waals surface area contributed by atoms with Crippen LogP contribution in [0.4, 0.5) is 8.78 Å². The van der Waals surface area contributed by atoms with Gasteiger partial charge >= 0.3 is 0 Å². The number of aromatic nitrogens is 1. The number of thiophene rings is 1. The molecule has 1 amide bonds. The number of amides is 1. The van der Waals surface area contributed by atoms with Gasteiger partial charge in [-0.25, -0.2) is 8.78 Å². The first-order valence-electron chi connectivity index (χ1n) is 8.55. The van der Waals surface area contributed by atoms with Crippen molar-refractivity contribution in [3.63, 3.8) is 0 Å². The molecule has 0 N–H and O–H groups in total. The number of nitrogens with zero attached hydrogens (tertiary/aromatic N) is 2. The van der Waals surface area contributed by atoms with Crippen molar-refractivity contribution in [1.29, 1.82) is 0 Å². The second-order valence-electron chi connectivity index (χ2n) is 6.81. The molecule has 0 aliphatic heterocycles. The Morgan fingerprint density at radius 3 is 2.48 bits per heavy atom. The first-order chi connectivity index (χ1) is 12.9. The Bertz CT molecular complexity index is 1160. The summed E-state index contributed by atoms with van der Waals surface area (Å²) in [6.07, 6.45) is 2.10. The van der Waals surface area contributed by atoms with Crippen LogP contribution < -0.4 is 0 Å². The SMILES string of the molecule is CN(C)C(=O)Cc1cn(Cc2csc3ccc(F)cc23)c2ccc(F)cc12. The molecule has 6 heteroatoms. The van der Waals surface area contributed by atoms with E-state index in [4.69, 9.17) is 0 Å². The summed E-state index contributed by atoms with van der Waals surface area (Å²) >= 11 is 1.57. The highest BCUT2D eigenvalue weighted by atomic mass is 32.1. The Morgan fingerprint density at radius 2 is 1.74 bits per heavy atom. The van der Waals surface area contributed by atoms with Gasteiger partial charge in [-0.1, -0.05) is 0 Å². The van der Waals surface area contributed by atoms with Crippen LogP contribution >= 0.6 is 11.3 Å². The van der Waals surface area contributed by atoms with Crippen LogP contribution in [0.1, 0.15) is 11.1 Å². The van der Waals surface area contributed by atoms with Crippen molar-refractivity contribution < 1.29 is 13.6 Å². The summed E-state index contributed by atoms with van der Waals surface area (Å²) in [6.45, 7) is 0.530. The number of rotatable bonds is 4. The number of carbonyl (C=O) groups excluding carboxylic acids is 1. The Kier molecular flexibility index (Phi) is 4.44. The fraction of sp³-hybridized carbons (Fsp3) is 0.190. The van der Waals surface area contributed by atoms with E-state index >= 15 is 0 Å². The van der Waals surface area contributed by atoms with E-state index in [0.717, 1.165) is 32.1 Å². The smallest absolute Gasteiger partial charge is 0.226 e. The summed E-state index contributed by atoms with van der Waals surface area (Å²) in [5.74, 6) is -0.637. The maximum atomic E-state index is 13.8. The van der Waals surface area contributed by atoms with Gasteiger partial charge in [0.05, 0.1) is 6.42 Å². The minimum atomic E-state index is -0.332. The van der Waals surface area contributed by atoms with Gasteiger partial charge in [0.2, 0.25) is 5.91 Å². The molecule has 4 rings (SSSR count). The molecular weight excluding hydrogens is 366 g/mol. The van der Waals surface area contributed by atoms with Crippen molar-refractivity contribution in [1.82, 2.24) is 9.47 Å². The molecule has 0 saturated heterocycles. The summed E-state index contributed by atoms with van der Waals surface area (Å²) < 4.78 is 30.5. The lowest BCUT2D eigenvalue weighted by Gasteiger charge is -2.09.